The summed E-state index contributed by atoms with van der Waals surface area (Å²) in [6.07, 6.45) is 0. The van der Waals surface area contributed by atoms with Crippen LogP contribution in [0.5, 0.6) is 0 Å². The molecule has 1 aromatic carbocycles. The van der Waals surface area contributed by atoms with E-state index in [4.69, 9.17) is 5.84 Å². The van der Waals surface area contributed by atoms with E-state index in [-0.39, 0.29) is 11.5 Å². The SMILES string of the molecule is NNc1ccc([N+](=O)[O-])c(Nc2ccccc2)n1. The minimum absolute atomic E-state index is 0.113. The maximum absolute atomic E-state index is 10.9. The number of hydrazine groups is 1. The van der Waals surface area contributed by atoms with Gasteiger partial charge in [0.2, 0.25) is 5.82 Å². The molecule has 4 N–H and O–H groups in total. The molecule has 0 saturated heterocycles. The summed E-state index contributed by atoms with van der Waals surface area (Å²) in [5.74, 6) is 5.71. The molecule has 0 spiro atoms. The third kappa shape index (κ3) is 2.53. The van der Waals surface area contributed by atoms with E-state index in [1.54, 1.807) is 12.1 Å². The van der Waals surface area contributed by atoms with Crippen LogP contribution in [-0.4, -0.2) is 9.91 Å². The minimum atomic E-state index is -0.501. The number of hydrogen-bond donors (Lipinski definition) is 3. The molecule has 7 heteroatoms. The van der Waals surface area contributed by atoms with Crippen LogP contribution >= 0.6 is 0 Å². The van der Waals surface area contributed by atoms with Gasteiger partial charge in [-0.25, -0.2) is 10.8 Å². The van der Waals surface area contributed by atoms with Gasteiger partial charge in [-0.05, 0) is 18.2 Å². The summed E-state index contributed by atoms with van der Waals surface area (Å²) in [7, 11) is 0. The number of para-hydroxylation sites is 1. The Labute approximate surface area is 103 Å². The highest BCUT2D eigenvalue weighted by Crippen LogP contribution is 2.26. The summed E-state index contributed by atoms with van der Waals surface area (Å²) in [6.45, 7) is 0. The van der Waals surface area contributed by atoms with E-state index in [1.807, 2.05) is 18.2 Å². The Morgan fingerprint density at radius 2 is 1.89 bits per heavy atom. The van der Waals surface area contributed by atoms with Crippen LogP contribution in [0.15, 0.2) is 42.5 Å². The normalized spacial score (nSPS) is 9.83. The van der Waals surface area contributed by atoms with Crippen molar-refractivity contribution in [2.45, 2.75) is 0 Å². The lowest BCUT2D eigenvalue weighted by Gasteiger charge is -2.07. The van der Waals surface area contributed by atoms with Gasteiger partial charge in [-0.3, -0.25) is 10.1 Å². The monoisotopic (exact) mass is 245 g/mol. The Balaban J connectivity index is 2.38. The fraction of sp³-hybridized carbons (Fsp3) is 0. The average molecular weight is 245 g/mol. The molecule has 18 heavy (non-hydrogen) atoms. The number of hydrogen-bond acceptors (Lipinski definition) is 6. The molecule has 0 fully saturated rings. The maximum atomic E-state index is 10.9. The quantitative estimate of drug-likeness (QED) is 0.432. The van der Waals surface area contributed by atoms with Crippen molar-refractivity contribution >= 4 is 23.0 Å². The van der Waals surface area contributed by atoms with Crippen molar-refractivity contribution in [3.63, 3.8) is 0 Å². The lowest BCUT2D eigenvalue weighted by atomic mass is 10.3. The van der Waals surface area contributed by atoms with Crippen LogP contribution in [0, 0.1) is 10.1 Å². The number of benzene rings is 1. The van der Waals surface area contributed by atoms with E-state index in [2.05, 4.69) is 15.7 Å². The molecule has 0 atom stereocenters. The molecule has 0 unspecified atom stereocenters. The van der Waals surface area contributed by atoms with Crippen LogP contribution in [-0.2, 0) is 0 Å². The largest absolute Gasteiger partial charge is 0.334 e. The van der Waals surface area contributed by atoms with Gasteiger partial charge in [0.1, 0.15) is 5.82 Å². The molecule has 2 rings (SSSR count). The molecule has 2 aromatic rings. The number of pyridine rings is 1. The predicted molar refractivity (Wildman–Crippen MR) is 68.4 cm³/mol. The standard InChI is InChI=1S/C11H11N5O2/c12-15-10-7-6-9(16(17)18)11(14-10)13-8-4-2-1-3-5-8/h1-7H,12H2,(H2,13,14,15). The molecule has 1 aromatic heterocycles. The van der Waals surface area contributed by atoms with Crippen LogP contribution in [0.2, 0.25) is 0 Å². The zero-order valence-electron chi connectivity index (χ0n) is 9.33. The van der Waals surface area contributed by atoms with Crippen molar-refractivity contribution in [1.82, 2.24) is 4.98 Å². The molecule has 1 heterocycles. The van der Waals surface area contributed by atoms with Crippen LogP contribution in [0.1, 0.15) is 0 Å². The summed E-state index contributed by atoms with van der Waals surface area (Å²) in [4.78, 5) is 14.4. The molecule has 0 radical (unpaired) electrons. The highest BCUT2D eigenvalue weighted by atomic mass is 16.6. The summed E-state index contributed by atoms with van der Waals surface area (Å²) in [5, 5.41) is 13.8. The first-order chi connectivity index (χ1) is 8.70. The number of nitrogens with one attached hydrogen (secondary N) is 2. The molecule has 0 amide bonds. The molecule has 92 valence electrons. The van der Waals surface area contributed by atoms with Crippen molar-refractivity contribution in [3.8, 4) is 0 Å². The fourth-order valence-corrected chi connectivity index (χ4v) is 1.43. The molecule has 0 aliphatic heterocycles. The second kappa shape index (κ2) is 5.11. The number of rotatable bonds is 4. The topological polar surface area (TPSA) is 106 Å². The van der Waals surface area contributed by atoms with Gasteiger partial charge in [-0.15, -0.1) is 0 Å². The first-order valence-corrected chi connectivity index (χ1v) is 5.15. The van der Waals surface area contributed by atoms with E-state index in [0.717, 1.165) is 0 Å². The van der Waals surface area contributed by atoms with Crippen molar-refractivity contribution in [1.29, 1.82) is 0 Å². The fourth-order valence-electron chi connectivity index (χ4n) is 1.43. The first-order valence-electron chi connectivity index (χ1n) is 5.15. The summed E-state index contributed by atoms with van der Waals surface area (Å²) in [5.41, 5.74) is 2.94. The van der Waals surface area contributed by atoms with Gasteiger partial charge in [0, 0.05) is 11.8 Å². The third-order valence-corrected chi connectivity index (χ3v) is 2.26. The van der Waals surface area contributed by atoms with E-state index in [0.29, 0.717) is 11.5 Å². The molecule has 0 saturated carbocycles. The third-order valence-electron chi connectivity index (χ3n) is 2.26. The van der Waals surface area contributed by atoms with Gasteiger partial charge in [0.05, 0.1) is 4.92 Å². The van der Waals surface area contributed by atoms with Crippen molar-refractivity contribution < 1.29 is 4.92 Å². The minimum Gasteiger partial charge on any atom is -0.334 e. The molecule has 0 bridgehead atoms. The first kappa shape index (κ1) is 11.8. The van der Waals surface area contributed by atoms with Gasteiger partial charge in [0.15, 0.2) is 0 Å². The highest BCUT2D eigenvalue weighted by molar-refractivity contribution is 5.67. The summed E-state index contributed by atoms with van der Waals surface area (Å²) >= 11 is 0. The van der Waals surface area contributed by atoms with Gasteiger partial charge in [-0.1, -0.05) is 18.2 Å². The van der Waals surface area contributed by atoms with Gasteiger partial charge < -0.3 is 10.7 Å². The van der Waals surface area contributed by atoms with Gasteiger partial charge in [0.25, 0.3) is 0 Å². The van der Waals surface area contributed by atoms with Crippen LogP contribution in [0.4, 0.5) is 23.0 Å². The zero-order valence-corrected chi connectivity index (χ0v) is 9.33. The maximum Gasteiger partial charge on any atom is 0.311 e. The number of nitrogens with zero attached hydrogens (tertiary/aromatic N) is 2. The predicted octanol–water partition coefficient (Wildman–Crippen LogP) is 2.02. The van der Waals surface area contributed by atoms with Crippen molar-refractivity contribution in [2.75, 3.05) is 10.7 Å². The van der Waals surface area contributed by atoms with E-state index < -0.39 is 4.92 Å². The van der Waals surface area contributed by atoms with Gasteiger partial charge in [-0.2, -0.15) is 0 Å². The molecular weight excluding hydrogens is 234 g/mol. The van der Waals surface area contributed by atoms with Crippen molar-refractivity contribution in [3.05, 3.63) is 52.6 Å². The zero-order chi connectivity index (χ0) is 13.0. The lowest BCUT2D eigenvalue weighted by molar-refractivity contribution is -0.384. The van der Waals surface area contributed by atoms with E-state index in [9.17, 15) is 10.1 Å². The van der Waals surface area contributed by atoms with E-state index >= 15 is 0 Å². The van der Waals surface area contributed by atoms with Gasteiger partial charge >= 0.3 is 5.69 Å². The number of nitrogens with two attached hydrogens (primary N) is 1. The average Bonchev–Trinajstić information content (AvgIpc) is 2.39. The number of nitro groups is 1. The molecular formula is C11H11N5O2. The second-order valence-corrected chi connectivity index (χ2v) is 3.46. The summed E-state index contributed by atoms with van der Waals surface area (Å²) < 4.78 is 0. The number of aromatic nitrogens is 1. The van der Waals surface area contributed by atoms with Crippen LogP contribution in [0.25, 0.3) is 0 Å². The van der Waals surface area contributed by atoms with Crippen LogP contribution in [0.3, 0.4) is 0 Å². The van der Waals surface area contributed by atoms with Crippen LogP contribution < -0.4 is 16.6 Å². The Hall–Kier alpha value is -2.67. The highest BCUT2D eigenvalue weighted by Gasteiger charge is 2.15. The Morgan fingerprint density at radius 1 is 1.17 bits per heavy atom. The second-order valence-electron chi connectivity index (χ2n) is 3.46. The number of anilines is 3. The lowest BCUT2D eigenvalue weighted by Crippen LogP contribution is -2.10. The van der Waals surface area contributed by atoms with Crippen molar-refractivity contribution in [2.24, 2.45) is 5.84 Å². The molecule has 0 aliphatic carbocycles. The number of nitrogen functional groups attached to an aromatic ring is 1. The van der Waals surface area contributed by atoms with E-state index in [1.165, 1.54) is 12.1 Å². The molecule has 0 aliphatic rings. The molecule has 7 nitrogen and oxygen atoms in total. The smallest absolute Gasteiger partial charge is 0.311 e. The summed E-state index contributed by atoms with van der Waals surface area (Å²) in [6, 6.07) is 11.8. The Morgan fingerprint density at radius 3 is 2.50 bits per heavy atom. The Kier molecular flexibility index (Phi) is 3.35. The Bertz CT molecular complexity index is 559.